The van der Waals surface area contributed by atoms with Crippen molar-refractivity contribution >= 4 is 11.7 Å². The molecule has 0 saturated carbocycles. The fourth-order valence-corrected chi connectivity index (χ4v) is 2.08. The maximum Gasteiger partial charge on any atom is 0.317 e. The zero-order valence-corrected chi connectivity index (χ0v) is 10.5. The number of nitrogens with zero attached hydrogens (tertiary/aromatic N) is 2. The predicted octanol–water partition coefficient (Wildman–Crippen LogP) is 1.68. The van der Waals surface area contributed by atoms with Crippen LogP contribution in [0.25, 0.3) is 0 Å². The highest BCUT2D eigenvalue weighted by Crippen LogP contribution is 2.16. The van der Waals surface area contributed by atoms with Crippen molar-refractivity contribution < 1.29 is 9.18 Å². The lowest BCUT2D eigenvalue weighted by molar-refractivity contribution is 0.195. The van der Waals surface area contributed by atoms with Crippen molar-refractivity contribution in [1.29, 1.82) is 0 Å². The van der Waals surface area contributed by atoms with Crippen LogP contribution >= 0.6 is 0 Å². The molecule has 0 radical (unpaired) electrons. The molecule has 1 aromatic rings. The molecule has 1 aliphatic rings. The summed E-state index contributed by atoms with van der Waals surface area (Å²) in [5.74, 6) is -0.222. The number of halogens is 1. The molecule has 0 unspecified atom stereocenters. The van der Waals surface area contributed by atoms with E-state index in [9.17, 15) is 9.18 Å². The molecule has 1 fully saturated rings. The Morgan fingerprint density at radius 1 is 1.22 bits per heavy atom. The fraction of sp³-hybridized carbons (Fsp3) is 0.462. The maximum atomic E-state index is 12.8. The van der Waals surface area contributed by atoms with E-state index in [1.165, 1.54) is 12.1 Å². The first-order chi connectivity index (χ1) is 8.70. The highest BCUT2D eigenvalue weighted by Gasteiger charge is 2.20. The van der Waals surface area contributed by atoms with Crippen LogP contribution in [0.3, 0.4) is 0 Å². The van der Waals surface area contributed by atoms with Gasteiger partial charge in [-0.25, -0.2) is 9.18 Å². The van der Waals surface area contributed by atoms with E-state index in [4.69, 9.17) is 0 Å². The minimum absolute atomic E-state index is 0.00347. The van der Waals surface area contributed by atoms with Crippen molar-refractivity contribution in [3.63, 3.8) is 0 Å². The molecule has 0 aliphatic carbocycles. The monoisotopic (exact) mass is 251 g/mol. The molecule has 1 heterocycles. The number of amides is 2. The van der Waals surface area contributed by atoms with Gasteiger partial charge in [0.25, 0.3) is 0 Å². The Hall–Kier alpha value is -1.78. The van der Waals surface area contributed by atoms with Crippen molar-refractivity contribution in [2.75, 3.05) is 37.6 Å². The highest BCUT2D eigenvalue weighted by molar-refractivity contribution is 5.74. The van der Waals surface area contributed by atoms with Gasteiger partial charge in [0.1, 0.15) is 5.82 Å². The Balaban J connectivity index is 1.90. The lowest BCUT2D eigenvalue weighted by Crippen LogP contribution is -2.51. The molecule has 1 aromatic carbocycles. The van der Waals surface area contributed by atoms with Gasteiger partial charge in [-0.3, -0.25) is 0 Å². The summed E-state index contributed by atoms with van der Waals surface area (Å²) in [6.45, 7) is 5.52. The lowest BCUT2D eigenvalue weighted by atomic mass is 10.2. The van der Waals surface area contributed by atoms with Crippen molar-refractivity contribution in [2.45, 2.75) is 6.92 Å². The zero-order valence-electron chi connectivity index (χ0n) is 10.5. The molecule has 2 rings (SSSR count). The molecule has 0 aromatic heterocycles. The Morgan fingerprint density at radius 3 is 2.39 bits per heavy atom. The Labute approximate surface area is 106 Å². The van der Waals surface area contributed by atoms with Crippen LogP contribution < -0.4 is 10.2 Å². The van der Waals surface area contributed by atoms with Crippen molar-refractivity contribution in [2.24, 2.45) is 0 Å². The van der Waals surface area contributed by atoms with E-state index in [2.05, 4.69) is 10.2 Å². The van der Waals surface area contributed by atoms with E-state index in [1.807, 2.05) is 11.8 Å². The smallest absolute Gasteiger partial charge is 0.317 e. The summed E-state index contributed by atoms with van der Waals surface area (Å²) in [6.07, 6.45) is 0. The second-order valence-corrected chi connectivity index (χ2v) is 4.29. The second kappa shape index (κ2) is 5.71. The van der Waals surface area contributed by atoms with Gasteiger partial charge in [0.2, 0.25) is 0 Å². The predicted molar refractivity (Wildman–Crippen MR) is 69.3 cm³/mol. The highest BCUT2D eigenvalue weighted by atomic mass is 19.1. The maximum absolute atomic E-state index is 12.8. The standard InChI is InChI=1S/C13H18FN3O/c1-2-15-13(18)17-9-7-16(8-10-17)12-5-3-11(14)4-6-12/h3-6H,2,7-10H2,1H3,(H,15,18). The number of benzene rings is 1. The van der Waals surface area contributed by atoms with Crippen molar-refractivity contribution in [3.8, 4) is 0 Å². The number of anilines is 1. The van der Waals surface area contributed by atoms with Crippen molar-refractivity contribution in [3.05, 3.63) is 30.1 Å². The minimum Gasteiger partial charge on any atom is -0.368 e. The van der Waals surface area contributed by atoms with Crippen LogP contribution in [0.5, 0.6) is 0 Å². The number of carbonyl (C=O) groups excluding carboxylic acids is 1. The summed E-state index contributed by atoms with van der Waals surface area (Å²) in [6, 6.07) is 6.47. The van der Waals surface area contributed by atoms with Gasteiger partial charge in [0, 0.05) is 38.4 Å². The largest absolute Gasteiger partial charge is 0.368 e. The Kier molecular flexibility index (Phi) is 4.02. The Morgan fingerprint density at radius 2 is 1.83 bits per heavy atom. The number of nitrogens with one attached hydrogen (secondary N) is 1. The van der Waals surface area contributed by atoms with Gasteiger partial charge >= 0.3 is 6.03 Å². The first-order valence-electron chi connectivity index (χ1n) is 6.24. The van der Waals surface area contributed by atoms with Crippen LogP contribution in [-0.4, -0.2) is 43.7 Å². The van der Waals surface area contributed by atoms with Gasteiger partial charge < -0.3 is 15.1 Å². The van der Waals surface area contributed by atoms with Gasteiger partial charge in [0.15, 0.2) is 0 Å². The van der Waals surface area contributed by atoms with E-state index < -0.39 is 0 Å². The number of hydrogen-bond acceptors (Lipinski definition) is 2. The first kappa shape index (κ1) is 12.7. The fourth-order valence-electron chi connectivity index (χ4n) is 2.08. The van der Waals surface area contributed by atoms with Gasteiger partial charge in [-0.15, -0.1) is 0 Å². The molecule has 2 amide bonds. The van der Waals surface area contributed by atoms with Crippen LogP contribution in [0.2, 0.25) is 0 Å². The summed E-state index contributed by atoms with van der Waals surface area (Å²) in [4.78, 5) is 15.6. The Bertz CT molecular complexity index is 399. The minimum atomic E-state index is -0.222. The zero-order chi connectivity index (χ0) is 13.0. The van der Waals surface area contributed by atoms with Gasteiger partial charge in [-0.2, -0.15) is 0 Å². The molecular formula is C13H18FN3O. The van der Waals surface area contributed by atoms with Crippen LogP contribution in [-0.2, 0) is 0 Å². The third-order valence-corrected chi connectivity index (χ3v) is 3.09. The summed E-state index contributed by atoms with van der Waals surface area (Å²) < 4.78 is 12.8. The normalized spacial score (nSPS) is 15.7. The third-order valence-electron chi connectivity index (χ3n) is 3.09. The van der Waals surface area contributed by atoms with E-state index in [1.54, 1.807) is 12.1 Å². The number of carbonyl (C=O) groups is 1. The molecular weight excluding hydrogens is 233 g/mol. The SMILES string of the molecule is CCNC(=O)N1CCN(c2ccc(F)cc2)CC1. The molecule has 98 valence electrons. The number of piperazine rings is 1. The van der Waals surface area contributed by atoms with Crippen LogP contribution in [0.1, 0.15) is 6.92 Å². The van der Waals surface area contributed by atoms with Crippen LogP contribution in [0.4, 0.5) is 14.9 Å². The molecule has 1 aliphatic heterocycles. The van der Waals surface area contributed by atoms with Gasteiger partial charge in [0.05, 0.1) is 0 Å². The van der Waals surface area contributed by atoms with E-state index >= 15 is 0 Å². The number of hydrogen-bond donors (Lipinski definition) is 1. The molecule has 5 heteroatoms. The third kappa shape index (κ3) is 2.91. The van der Waals surface area contributed by atoms with Gasteiger partial charge in [-0.05, 0) is 31.2 Å². The van der Waals surface area contributed by atoms with Crippen molar-refractivity contribution in [1.82, 2.24) is 10.2 Å². The molecule has 0 atom stereocenters. The quantitative estimate of drug-likeness (QED) is 0.868. The van der Waals surface area contributed by atoms with Crippen LogP contribution in [0, 0.1) is 5.82 Å². The average Bonchev–Trinajstić information content (AvgIpc) is 2.40. The molecule has 1 N–H and O–H groups in total. The first-order valence-corrected chi connectivity index (χ1v) is 6.24. The number of rotatable bonds is 2. The second-order valence-electron chi connectivity index (χ2n) is 4.29. The van der Waals surface area contributed by atoms with Gasteiger partial charge in [-0.1, -0.05) is 0 Å². The molecule has 18 heavy (non-hydrogen) atoms. The van der Waals surface area contributed by atoms with E-state index in [-0.39, 0.29) is 11.8 Å². The molecule has 0 spiro atoms. The lowest BCUT2D eigenvalue weighted by Gasteiger charge is -2.36. The molecule has 1 saturated heterocycles. The summed E-state index contributed by atoms with van der Waals surface area (Å²) in [7, 11) is 0. The van der Waals surface area contributed by atoms with E-state index in [0.717, 1.165) is 18.8 Å². The topological polar surface area (TPSA) is 35.6 Å². The summed E-state index contributed by atoms with van der Waals surface area (Å²) in [5, 5.41) is 2.80. The summed E-state index contributed by atoms with van der Waals surface area (Å²) in [5.41, 5.74) is 1.01. The van der Waals surface area contributed by atoms with Crippen LogP contribution in [0.15, 0.2) is 24.3 Å². The average molecular weight is 251 g/mol. The van der Waals surface area contributed by atoms with E-state index in [0.29, 0.717) is 19.6 Å². The molecule has 0 bridgehead atoms. The molecule has 4 nitrogen and oxygen atoms in total. The summed E-state index contributed by atoms with van der Waals surface area (Å²) >= 11 is 0. The number of urea groups is 1.